The van der Waals surface area contributed by atoms with E-state index in [9.17, 15) is 9.18 Å². The number of thioether (sulfide) groups is 1. The average Bonchev–Trinajstić information content (AvgIpc) is 2.49. The first-order valence-corrected chi connectivity index (χ1v) is 6.29. The quantitative estimate of drug-likeness (QED) is 0.703. The smallest absolute Gasteiger partial charge is 0.194 e. The molecule has 0 radical (unpaired) electrons. The van der Waals surface area contributed by atoms with Crippen molar-refractivity contribution in [3.63, 3.8) is 0 Å². The molecule has 0 spiro atoms. The van der Waals surface area contributed by atoms with E-state index in [4.69, 9.17) is 0 Å². The summed E-state index contributed by atoms with van der Waals surface area (Å²) in [6.07, 6.45) is 0. The van der Waals surface area contributed by atoms with Gasteiger partial charge in [0.2, 0.25) is 0 Å². The fourth-order valence-corrected chi connectivity index (χ4v) is 3.01. The Morgan fingerprint density at radius 2 is 1.88 bits per heavy atom. The van der Waals surface area contributed by atoms with E-state index in [0.29, 0.717) is 11.1 Å². The SMILES string of the molecule is O=C1c2ccccc2CSc2ccc(F)cc21. The third-order valence-corrected chi connectivity index (χ3v) is 3.95. The molecular formula is C14H9FOS. The molecule has 2 aromatic rings. The van der Waals surface area contributed by atoms with Gasteiger partial charge in [0.15, 0.2) is 5.78 Å². The van der Waals surface area contributed by atoms with Crippen LogP contribution in [0.25, 0.3) is 0 Å². The van der Waals surface area contributed by atoms with Gasteiger partial charge in [0, 0.05) is 21.8 Å². The van der Waals surface area contributed by atoms with Crippen LogP contribution in [0.1, 0.15) is 21.5 Å². The number of benzene rings is 2. The van der Waals surface area contributed by atoms with Gasteiger partial charge in [0.05, 0.1) is 0 Å². The minimum Gasteiger partial charge on any atom is -0.289 e. The Morgan fingerprint density at radius 1 is 1.06 bits per heavy atom. The van der Waals surface area contributed by atoms with Gasteiger partial charge in [-0.3, -0.25) is 4.79 Å². The van der Waals surface area contributed by atoms with Gasteiger partial charge in [-0.2, -0.15) is 0 Å². The van der Waals surface area contributed by atoms with Gasteiger partial charge in [-0.1, -0.05) is 24.3 Å². The minimum atomic E-state index is -0.364. The normalized spacial score (nSPS) is 13.8. The largest absolute Gasteiger partial charge is 0.289 e. The average molecular weight is 244 g/mol. The molecule has 0 saturated heterocycles. The number of carbonyl (C=O) groups is 1. The molecule has 84 valence electrons. The van der Waals surface area contributed by atoms with Crippen molar-refractivity contribution in [2.75, 3.05) is 0 Å². The summed E-state index contributed by atoms with van der Waals surface area (Å²) in [5.74, 6) is 0.303. The number of ketones is 1. The molecular weight excluding hydrogens is 235 g/mol. The van der Waals surface area contributed by atoms with Crippen LogP contribution >= 0.6 is 11.8 Å². The first-order chi connectivity index (χ1) is 8.25. The van der Waals surface area contributed by atoms with Gasteiger partial charge >= 0.3 is 0 Å². The van der Waals surface area contributed by atoms with Crippen molar-refractivity contribution in [3.8, 4) is 0 Å². The molecule has 0 aliphatic carbocycles. The van der Waals surface area contributed by atoms with Crippen molar-refractivity contribution >= 4 is 17.5 Å². The van der Waals surface area contributed by atoms with Gasteiger partial charge in [0.1, 0.15) is 5.82 Å². The predicted molar refractivity (Wildman–Crippen MR) is 65.8 cm³/mol. The molecule has 3 heteroatoms. The third kappa shape index (κ3) is 1.76. The summed E-state index contributed by atoms with van der Waals surface area (Å²) in [6.45, 7) is 0. The van der Waals surface area contributed by atoms with Crippen molar-refractivity contribution < 1.29 is 9.18 Å². The highest BCUT2D eigenvalue weighted by Gasteiger charge is 2.21. The fourth-order valence-electron chi connectivity index (χ4n) is 1.97. The van der Waals surface area contributed by atoms with Crippen LogP contribution in [0.15, 0.2) is 47.4 Å². The topological polar surface area (TPSA) is 17.1 Å². The Labute approximate surface area is 103 Å². The van der Waals surface area contributed by atoms with Crippen molar-refractivity contribution in [1.29, 1.82) is 0 Å². The second kappa shape index (κ2) is 4.00. The Balaban J connectivity index is 2.22. The molecule has 1 aliphatic rings. The van der Waals surface area contributed by atoms with Crippen LogP contribution in [0, 0.1) is 5.82 Å². The van der Waals surface area contributed by atoms with E-state index < -0.39 is 0 Å². The second-order valence-corrected chi connectivity index (χ2v) is 4.93. The molecule has 0 bridgehead atoms. The fraction of sp³-hybridized carbons (Fsp3) is 0.0714. The Kier molecular flexibility index (Phi) is 2.48. The Morgan fingerprint density at radius 3 is 2.76 bits per heavy atom. The highest BCUT2D eigenvalue weighted by molar-refractivity contribution is 7.98. The maximum atomic E-state index is 13.2. The van der Waals surface area contributed by atoms with Gasteiger partial charge in [0.25, 0.3) is 0 Å². The first kappa shape index (κ1) is 10.5. The lowest BCUT2D eigenvalue weighted by Crippen LogP contribution is -2.03. The van der Waals surface area contributed by atoms with Crippen molar-refractivity contribution in [2.45, 2.75) is 10.6 Å². The molecule has 0 unspecified atom stereocenters. The molecule has 0 saturated carbocycles. The van der Waals surface area contributed by atoms with E-state index in [0.717, 1.165) is 16.2 Å². The summed E-state index contributed by atoms with van der Waals surface area (Å²) >= 11 is 1.58. The Hall–Kier alpha value is -1.61. The van der Waals surface area contributed by atoms with Crippen LogP contribution in [0.5, 0.6) is 0 Å². The van der Waals surface area contributed by atoms with Crippen LogP contribution in [0.2, 0.25) is 0 Å². The van der Waals surface area contributed by atoms with E-state index in [1.807, 2.05) is 18.2 Å². The summed E-state index contributed by atoms with van der Waals surface area (Å²) < 4.78 is 13.2. The minimum absolute atomic E-state index is 0.0832. The zero-order valence-electron chi connectivity index (χ0n) is 8.94. The van der Waals surface area contributed by atoms with Crippen molar-refractivity contribution in [2.24, 2.45) is 0 Å². The molecule has 2 aromatic carbocycles. The van der Waals surface area contributed by atoms with E-state index >= 15 is 0 Å². The molecule has 0 atom stereocenters. The van der Waals surface area contributed by atoms with Gasteiger partial charge in [-0.25, -0.2) is 4.39 Å². The van der Waals surface area contributed by atoms with E-state index in [1.54, 1.807) is 23.9 Å². The Bertz CT molecular complexity index is 607. The predicted octanol–water partition coefficient (Wildman–Crippen LogP) is 3.66. The number of halogens is 1. The number of carbonyl (C=O) groups excluding carboxylic acids is 1. The van der Waals surface area contributed by atoms with Crippen molar-refractivity contribution in [3.05, 3.63) is 65.0 Å². The number of rotatable bonds is 0. The first-order valence-electron chi connectivity index (χ1n) is 5.30. The van der Waals surface area contributed by atoms with Crippen LogP contribution in [0.3, 0.4) is 0 Å². The maximum Gasteiger partial charge on any atom is 0.194 e. The standard InChI is InChI=1S/C14H9FOS/c15-10-5-6-13-12(7-10)14(16)11-4-2-1-3-9(11)8-17-13/h1-7H,8H2. The molecule has 17 heavy (non-hydrogen) atoms. The summed E-state index contributed by atoms with van der Waals surface area (Å²) in [5.41, 5.74) is 2.17. The second-order valence-electron chi connectivity index (χ2n) is 3.92. The van der Waals surface area contributed by atoms with Crippen molar-refractivity contribution in [1.82, 2.24) is 0 Å². The summed E-state index contributed by atoms with van der Waals surface area (Å²) in [5, 5.41) is 0. The lowest BCUT2D eigenvalue weighted by atomic mass is 9.99. The lowest BCUT2D eigenvalue weighted by molar-refractivity contribution is 0.103. The van der Waals surface area contributed by atoms with E-state index in [-0.39, 0.29) is 11.6 Å². The van der Waals surface area contributed by atoms with E-state index in [2.05, 4.69) is 0 Å². The van der Waals surface area contributed by atoms with Crippen LogP contribution < -0.4 is 0 Å². The molecule has 0 aromatic heterocycles. The van der Waals surface area contributed by atoms with Crippen LogP contribution in [-0.2, 0) is 5.75 Å². The summed E-state index contributed by atoms with van der Waals surface area (Å²) in [6, 6.07) is 11.9. The van der Waals surface area contributed by atoms with Crippen LogP contribution in [-0.4, -0.2) is 5.78 Å². The number of hydrogen-bond acceptors (Lipinski definition) is 2. The maximum absolute atomic E-state index is 13.2. The number of hydrogen-bond donors (Lipinski definition) is 0. The van der Waals surface area contributed by atoms with Gasteiger partial charge in [-0.05, 0) is 23.8 Å². The molecule has 0 N–H and O–H groups in total. The summed E-state index contributed by atoms with van der Waals surface area (Å²) in [7, 11) is 0. The molecule has 1 nitrogen and oxygen atoms in total. The monoisotopic (exact) mass is 244 g/mol. The summed E-state index contributed by atoms with van der Waals surface area (Å²) in [4.78, 5) is 13.2. The lowest BCUT2D eigenvalue weighted by Gasteiger charge is -2.03. The third-order valence-electron chi connectivity index (χ3n) is 2.83. The molecule has 0 amide bonds. The van der Waals surface area contributed by atoms with E-state index in [1.165, 1.54) is 12.1 Å². The molecule has 3 rings (SSSR count). The molecule has 1 aliphatic heterocycles. The molecule has 1 heterocycles. The highest BCUT2D eigenvalue weighted by atomic mass is 32.2. The van der Waals surface area contributed by atoms with Gasteiger partial charge < -0.3 is 0 Å². The van der Waals surface area contributed by atoms with Gasteiger partial charge in [-0.15, -0.1) is 11.8 Å². The highest BCUT2D eigenvalue weighted by Crippen LogP contribution is 2.33. The van der Waals surface area contributed by atoms with Crippen LogP contribution in [0.4, 0.5) is 4.39 Å². The zero-order valence-corrected chi connectivity index (χ0v) is 9.76. The molecule has 0 fully saturated rings. The number of fused-ring (bicyclic) bond motifs is 2. The zero-order chi connectivity index (χ0) is 11.8.